The lowest BCUT2D eigenvalue weighted by Gasteiger charge is -2.22. The number of amides is 1. The second-order valence-corrected chi connectivity index (χ2v) is 10.3. The molecule has 0 spiro atoms. The van der Waals surface area contributed by atoms with E-state index in [-0.39, 0.29) is 15.7 Å². The smallest absolute Gasteiger partial charge is 0.253 e. The molecule has 3 heterocycles. The summed E-state index contributed by atoms with van der Waals surface area (Å²) in [6, 6.07) is 7.77. The molecule has 1 unspecified atom stereocenters. The van der Waals surface area contributed by atoms with Crippen LogP contribution in [0.2, 0.25) is 0 Å². The van der Waals surface area contributed by atoms with Crippen LogP contribution in [0.5, 0.6) is 0 Å². The Kier molecular flexibility index (Phi) is 6.69. The molecular formula is C19H25N3O4S2. The predicted molar refractivity (Wildman–Crippen MR) is 109 cm³/mol. The topological polar surface area (TPSA) is 88.5 Å². The van der Waals surface area contributed by atoms with Gasteiger partial charge in [-0.2, -0.15) is 4.31 Å². The molecular weight excluding hydrogens is 398 g/mol. The maximum absolute atomic E-state index is 12.9. The first-order chi connectivity index (χ1) is 13.4. The minimum absolute atomic E-state index is 0.0397. The Morgan fingerprint density at radius 2 is 2.07 bits per heavy atom. The van der Waals surface area contributed by atoms with Crippen LogP contribution in [0.25, 0.3) is 0 Å². The fraction of sp³-hybridized carbons (Fsp3) is 0.474. The van der Waals surface area contributed by atoms with Crippen LogP contribution in [0.1, 0.15) is 30.6 Å². The summed E-state index contributed by atoms with van der Waals surface area (Å²) in [5.41, 5.74) is -0.0397. The Balaban J connectivity index is 1.51. The van der Waals surface area contributed by atoms with E-state index in [9.17, 15) is 18.0 Å². The molecule has 1 amide bonds. The highest BCUT2D eigenvalue weighted by atomic mass is 32.2. The number of nitrogens with one attached hydrogen (secondary N) is 1. The van der Waals surface area contributed by atoms with Crippen molar-refractivity contribution in [3.8, 4) is 0 Å². The summed E-state index contributed by atoms with van der Waals surface area (Å²) in [6.45, 7) is 3.29. The SMILES string of the molecule is Cc1ccc(S(=O)(=O)N2CCCC2C(=O)NCCCCn2ccccc2=O)s1. The number of nitrogens with zero attached hydrogens (tertiary/aromatic N) is 2. The predicted octanol–water partition coefficient (Wildman–Crippen LogP) is 1.97. The van der Waals surface area contributed by atoms with Crippen LogP contribution >= 0.6 is 11.3 Å². The van der Waals surface area contributed by atoms with Crippen molar-refractivity contribution in [1.29, 1.82) is 0 Å². The molecule has 0 radical (unpaired) electrons. The van der Waals surface area contributed by atoms with Crippen LogP contribution in [-0.4, -0.2) is 42.3 Å². The maximum Gasteiger partial charge on any atom is 0.253 e. The van der Waals surface area contributed by atoms with Crippen molar-refractivity contribution in [1.82, 2.24) is 14.2 Å². The minimum Gasteiger partial charge on any atom is -0.355 e. The summed E-state index contributed by atoms with van der Waals surface area (Å²) in [6.07, 6.45) is 4.43. The van der Waals surface area contributed by atoms with Crippen LogP contribution in [0.4, 0.5) is 0 Å². The first kappa shape index (κ1) is 20.8. The zero-order valence-electron chi connectivity index (χ0n) is 15.8. The fourth-order valence-electron chi connectivity index (χ4n) is 3.34. The second kappa shape index (κ2) is 9.02. The molecule has 3 rings (SSSR count). The van der Waals surface area contributed by atoms with Gasteiger partial charge in [0, 0.05) is 36.8 Å². The molecule has 2 aromatic heterocycles. The third kappa shape index (κ3) is 4.71. The van der Waals surface area contributed by atoms with Crippen LogP contribution in [0, 0.1) is 6.92 Å². The molecule has 2 aromatic rings. The third-order valence-corrected chi connectivity index (χ3v) is 8.19. The van der Waals surface area contributed by atoms with E-state index in [4.69, 9.17) is 0 Å². The van der Waals surface area contributed by atoms with Crippen molar-refractivity contribution in [3.63, 3.8) is 0 Å². The van der Waals surface area contributed by atoms with Crippen molar-refractivity contribution in [2.24, 2.45) is 0 Å². The Bertz CT molecular complexity index is 981. The average Bonchev–Trinajstić information content (AvgIpc) is 3.32. The highest BCUT2D eigenvalue weighted by Gasteiger charge is 2.39. The molecule has 1 saturated heterocycles. The molecule has 152 valence electrons. The summed E-state index contributed by atoms with van der Waals surface area (Å²) in [5.74, 6) is -0.244. The lowest BCUT2D eigenvalue weighted by molar-refractivity contribution is -0.124. The number of rotatable bonds is 8. The summed E-state index contributed by atoms with van der Waals surface area (Å²) in [5, 5.41) is 2.86. The highest BCUT2D eigenvalue weighted by molar-refractivity contribution is 7.91. The van der Waals surface area contributed by atoms with E-state index in [0.717, 1.165) is 17.7 Å². The van der Waals surface area contributed by atoms with E-state index in [1.807, 2.05) is 13.0 Å². The molecule has 0 aromatic carbocycles. The first-order valence-corrected chi connectivity index (χ1v) is 11.7. The van der Waals surface area contributed by atoms with Gasteiger partial charge in [-0.3, -0.25) is 9.59 Å². The van der Waals surface area contributed by atoms with Crippen molar-refractivity contribution in [2.45, 2.75) is 49.4 Å². The van der Waals surface area contributed by atoms with E-state index in [2.05, 4.69) is 5.32 Å². The zero-order chi connectivity index (χ0) is 20.1. The number of hydrogen-bond donors (Lipinski definition) is 1. The molecule has 0 saturated carbocycles. The normalized spacial score (nSPS) is 17.7. The van der Waals surface area contributed by atoms with E-state index in [0.29, 0.717) is 32.5 Å². The van der Waals surface area contributed by atoms with Crippen LogP contribution in [-0.2, 0) is 21.4 Å². The molecule has 1 aliphatic rings. The molecule has 1 fully saturated rings. The van der Waals surface area contributed by atoms with Crippen molar-refractivity contribution >= 4 is 27.3 Å². The van der Waals surface area contributed by atoms with Gasteiger partial charge in [0.15, 0.2) is 0 Å². The summed E-state index contributed by atoms with van der Waals surface area (Å²) >= 11 is 1.23. The minimum atomic E-state index is -3.64. The van der Waals surface area contributed by atoms with Crippen LogP contribution in [0.15, 0.2) is 45.5 Å². The molecule has 1 N–H and O–H groups in total. The third-order valence-electron chi connectivity index (χ3n) is 4.81. The Morgan fingerprint density at radius 3 is 2.79 bits per heavy atom. The van der Waals surface area contributed by atoms with Crippen LogP contribution in [0.3, 0.4) is 0 Å². The molecule has 0 bridgehead atoms. The molecule has 0 aliphatic carbocycles. The van der Waals surface area contributed by atoms with Gasteiger partial charge in [0.1, 0.15) is 10.3 Å². The van der Waals surface area contributed by atoms with Gasteiger partial charge in [0.2, 0.25) is 11.5 Å². The number of aryl methyl sites for hydroxylation is 2. The van der Waals surface area contributed by atoms with Crippen molar-refractivity contribution < 1.29 is 13.2 Å². The number of unbranched alkanes of at least 4 members (excludes halogenated alkanes) is 1. The summed E-state index contributed by atoms with van der Waals surface area (Å²) in [4.78, 5) is 25.1. The molecule has 28 heavy (non-hydrogen) atoms. The van der Waals surface area contributed by atoms with E-state index < -0.39 is 16.1 Å². The zero-order valence-corrected chi connectivity index (χ0v) is 17.5. The summed E-state index contributed by atoms with van der Waals surface area (Å²) in [7, 11) is -3.64. The van der Waals surface area contributed by atoms with Crippen LogP contribution < -0.4 is 10.9 Å². The number of aromatic nitrogens is 1. The van der Waals surface area contributed by atoms with Crippen molar-refractivity contribution in [3.05, 3.63) is 51.8 Å². The Labute approximate surface area is 169 Å². The number of pyridine rings is 1. The fourth-order valence-corrected chi connectivity index (χ4v) is 6.41. The van der Waals surface area contributed by atoms with E-state index in [1.54, 1.807) is 29.0 Å². The number of carbonyl (C=O) groups is 1. The number of sulfonamides is 1. The Hall–Kier alpha value is -1.97. The van der Waals surface area contributed by atoms with Gasteiger partial charge in [-0.15, -0.1) is 11.3 Å². The van der Waals surface area contributed by atoms with E-state index >= 15 is 0 Å². The van der Waals surface area contributed by atoms with Gasteiger partial charge in [-0.1, -0.05) is 6.07 Å². The van der Waals surface area contributed by atoms with E-state index in [1.165, 1.54) is 21.7 Å². The average molecular weight is 424 g/mol. The molecule has 7 nitrogen and oxygen atoms in total. The number of carbonyl (C=O) groups excluding carboxylic acids is 1. The van der Waals surface area contributed by atoms with Gasteiger partial charge in [-0.05, 0) is 50.8 Å². The van der Waals surface area contributed by atoms with Crippen molar-refractivity contribution in [2.75, 3.05) is 13.1 Å². The second-order valence-electron chi connectivity index (χ2n) is 6.87. The summed E-state index contributed by atoms with van der Waals surface area (Å²) < 4.78 is 29.0. The molecule has 1 atom stereocenters. The van der Waals surface area contributed by atoms with Gasteiger partial charge < -0.3 is 9.88 Å². The monoisotopic (exact) mass is 423 g/mol. The molecule has 9 heteroatoms. The lowest BCUT2D eigenvalue weighted by atomic mass is 10.2. The lowest BCUT2D eigenvalue weighted by Crippen LogP contribution is -2.45. The largest absolute Gasteiger partial charge is 0.355 e. The molecule has 1 aliphatic heterocycles. The highest BCUT2D eigenvalue weighted by Crippen LogP contribution is 2.30. The first-order valence-electron chi connectivity index (χ1n) is 9.41. The maximum atomic E-state index is 12.9. The number of hydrogen-bond acceptors (Lipinski definition) is 5. The van der Waals surface area contributed by atoms with Gasteiger partial charge >= 0.3 is 0 Å². The Morgan fingerprint density at radius 1 is 1.25 bits per heavy atom. The van der Waals surface area contributed by atoms with Gasteiger partial charge in [-0.25, -0.2) is 8.42 Å². The standard InChI is InChI=1S/C19H25N3O4S2/c1-15-9-10-18(27-15)28(25,26)22-14-6-7-16(22)19(24)20-11-3-5-13-21-12-4-2-8-17(21)23/h2,4,8-10,12,16H,3,5-7,11,13-14H2,1H3,(H,20,24). The number of thiophene rings is 1. The van der Waals surface area contributed by atoms with Gasteiger partial charge in [0.25, 0.3) is 10.0 Å². The quantitative estimate of drug-likeness (QED) is 0.658. The van der Waals surface area contributed by atoms with Gasteiger partial charge in [0.05, 0.1) is 0 Å².